The summed E-state index contributed by atoms with van der Waals surface area (Å²) in [5.41, 5.74) is 1.60. The number of nitrogens with zero attached hydrogens (tertiary/aromatic N) is 1. The Hall–Kier alpha value is -1.57. The monoisotopic (exact) mass is 260 g/mol. The Morgan fingerprint density at radius 3 is 3.05 bits per heavy atom. The Morgan fingerprint density at radius 1 is 1.47 bits per heavy atom. The molecule has 4 heteroatoms. The van der Waals surface area contributed by atoms with E-state index in [9.17, 15) is 0 Å². The highest BCUT2D eigenvalue weighted by atomic mass is 16.5. The normalized spacial score (nSPS) is 18.8. The fraction of sp³-hybridized carbons (Fsp3) is 0.533. The third-order valence-corrected chi connectivity index (χ3v) is 3.41. The molecule has 1 aromatic carbocycles. The van der Waals surface area contributed by atoms with Crippen molar-refractivity contribution in [1.29, 1.82) is 5.26 Å². The van der Waals surface area contributed by atoms with Gasteiger partial charge in [-0.2, -0.15) is 5.26 Å². The SMILES string of the molecule is COc1cc(COCC2CCCNC2)ccc1C#N. The zero-order valence-electron chi connectivity index (χ0n) is 11.3. The minimum atomic E-state index is 0.558. The Kier molecular flexibility index (Phi) is 5.20. The van der Waals surface area contributed by atoms with Crippen LogP contribution in [-0.4, -0.2) is 26.8 Å². The smallest absolute Gasteiger partial charge is 0.136 e. The maximum Gasteiger partial charge on any atom is 0.136 e. The molecule has 1 aliphatic rings. The molecule has 0 saturated carbocycles. The van der Waals surface area contributed by atoms with E-state index in [1.54, 1.807) is 13.2 Å². The predicted octanol–water partition coefficient (Wildman–Crippen LogP) is 2.08. The summed E-state index contributed by atoms with van der Waals surface area (Å²) in [6.45, 7) is 3.54. The molecule has 0 bridgehead atoms. The molecule has 1 unspecified atom stereocenters. The van der Waals surface area contributed by atoms with Crippen molar-refractivity contribution in [3.05, 3.63) is 29.3 Å². The summed E-state index contributed by atoms with van der Waals surface area (Å²) in [6.07, 6.45) is 2.47. The van der Waals surface area contributed by atoms with Gasteiger partial charge in [-0.25, -0.2) is 0 Å². The third kappa shape index (κ3) is 3.95. The van der Waals surface area contributed by atoms with Crippen LogP contribution >= 0.6 is 0 Å². The van der Waals surface area contributed by atoms with Crippen LogP contribution in [0.5, 0.6) is 5.75 Å². The molecule has 4 nitrogen and oxygen atoms in total. The maximum atomic E-state index is 8.92. The predicted molar refractivity (Wildman–Crippen MR) is 73.0 cm³/mol. The van der Waals surface area contributed by atoms with Crippen molar-refractivity contribution in [2.75, 3.05) is 26.8 Å². The third-order valence-electron chi connectivity index (χ3n) is 3.41. The number of piperidine rings is 1. The summed E-state index contributed by atoms with van der Waals surface area (Å²) in [6, 6.07) is 7.67. The molecule has 0 radical (unpaired) electrons. The highest BCUT2D eigenvalue weighted by molar-refractivity contribution is 5.45. The van der Waals surface area contributed by atoms with E-state index < -0.39 is 0 Å². The molecule has 1 heterocycles. The molecule has 1 aromatic rings. The summed E-state index contributed by atoms with van der Waals surface area (Å²) < 4.78 is 10.9. The van der Waals surface area contributed by atoms with Gasteiger partial charge in [-0.05, 0) is 43.0 Å². The molecule has 2 rings (SSSR count). The van der Waals surface area contributed by atoms with Gasteiger partial charge in [0.2, 0.25) is 0 Å². The van der Waals surface area contributed by atoms with Gasteiger partial charge in [-0.1, -0.05) is 6.07 Å². The van der Waals surface area contributed by atoms with Crippen LogP contribution in [0.15, 0.2) is 18.2 Å². The van der Waals surface area contributed by atoms with Crippen molar-refractivity contribution >= 4 is 0 Å². The summed E-state index contributed by atoms with van der Waals surface area (Å²) in [5.74, 6) is 1.23. The van der Waals surface area contributed by atoms with Gasteiger partial charge in [0.25, 0.3) is 0 Å². The van der Waals surface area contributed by atoms with Crippen molar-refractivity contribution < 1.29 is 9.47 Å². The zero-order valence-corrected chi connectivity index (χ0v) is 11.3. The van der Waals surface area contributed by atoms with Crippen molar-refractivity contribution in [1.82, 2.24) is 5.32 Å². The van der Waals surface area contributed by atoms with Crippen molar-refractivity contribution in [2.45, 2.75) is 19.4 Å². The number of benzene rings is 1. The van der Waals surface area contributed by atoms with E-state index in [-0.39, 0.29) is 0 Å². The Bertz CT molecular complexity index is 448. The number of rotatable bonds is 5. The topological polar surface area (TPSA) is 54.3 Å². The van der Waals surface area contributed by atoms with E-state index in [4.69, 9.17) is 14.7 Å². The van der Waals surface area contributed by atoms with E-state index in [2.05, 4.69) is 11.4 Å². The lowest BCUT2D eigenvalue weighted by Crippen LogP contribution is -2.32. The molecule has 1 fully saturated rings. The quantitative estimate of drug-likeness (QED) is 0.880. The van der Waals surface area contributed by atoms with Crippen LogP contribution in [0.2, 0.25) is 0 Å². The molecule has 102 valence electrons. The van der Waals surface area contributed by atoms with Crippen LogP contribution in [0.1, 0.15) is 24.0 Å². The summed E-state index contributed by atoms with van der Waals surface area (Å²) in [7, 11) is 1.58. The number of nitriles is 1. The van der Waals surface area contributed by atoms with Crippen molar-refractivity contribution in [3.63, 3.8) is 0 Å². The Morgan fingerprint density at radius 2 is 2.37 bits per heavy atom. The number of nitrogens with one attached hydrogen (secondary N) is 1. The van der Waals surface area contributed by atoms with Crippen LogP contribution in [-0.2, 0) is 11.3 Å². The molecule has 1 atom stereocenters. The first-order valence-corrected chi connectivity index (χ1v) is 6.69. The van der Waals surface area contributed by atoms with E-state index in [0.717, 1.165) is 25.3 Å². The van der Waals surface area contributed by atoms with Gasteiger partial charge in [-0.3, -0.25) is 0 Å². The van der Waals surface area contributed by atoms with E-state index in [1.165, 1.54) is 12.8 Å². The number of methoxy groups -OCH3 is 1. The van der Waals surface area contributed by atoms with Gasteiger partial charge in [0.1, 0.15) is 11.8 Å². The van der Waals surface area contributed by atoms with E-state index >= 15 is 0 Å². The largest absolute Gasteiger partial charge is 0.495 e. The summed E-state index contributed by atoms with van der Waals surface area (Å²) in [4.78, 5) is 0. The first kappa shape index (κ1) is 13.9. The standard InChI is InChI=1S/C15H20N2O2/c1-18-15-7-12(4-5-14(15)8-16)10-19-11-13-3-2-6-17-9-13/h4-5,7,13,17H,2-3,6,9-11H2,1H3. The lowest BCUT2D eigenvalue weighted by Gasteiger charge is -2.22. The van der Waals surface area contributed by atoms with Gasteiger partial charge >= 0.3 is 0 Å². The van der Waals surface area contributed by atoms with Gasteiger partial charge in [0, 0.05) is 6.54 Å². The van der Waals surface area contributed by atoms with Crippen LogP contribution in [0.25, 0.3) is 0 Å². The fourth-order valence-corrected chi connectivity index (χ4v) is 2.33. The van der Waals surface area contributed by atoms with Gasteiger partial charge in [0.15, 0.2) is 0 Å². The minimum Gasteiger partial charge on any atom is -0.495 e. The number of ether oxygens (including phenoxy) is 2. The molecular weight excluding hydrogens is 240 g/mol. The molecule has 1 saturated heterocycles. The summed E-state index contributed by atoms with van der Waals surface area (Å²) >= 11 is 0. The van der Waals surface area contributed by atoms with Crippen LogP contribution in [0.3, 0.4) is 0 Å². The zero-order chi connectivity index (χ0) is 13.5. The average molecular weight is 260 g/mol. The van der Waals surface area contributed by atoms with E-state index in [1.807, 2.05) is 12.1 Å². The number of hydrogen-bond donors (Lipinski definition) is 1. The lowest BCUT2D eigenvalue weighted by atomic mass is 10.0. The van der Waals surface area contributed by atoms with Crippen LogP contribution < -0.4 is 10.1 Å². The molecule has 1 N–H and O–H groups in total. The molecule has 0 aliphatic carbocycles. The Labute approximate surface area is 114 Å². The van der Waals surface area contributed by atoms with Crippen molar-refractivity contribution in [2.24, 2.45) is 5.92 Å². The summed E-state index contributed by atoms with van der Waals surface area (Å²) in [5, 5.41) is 12.3. The highest BCUT2D eigenvalue weighted by Crippen LogP contribution is 2.20. The van der Waals surface area contributed by atoms with Gasteiger partial charge in [0.05, 0.1) is 25.9 Å². The van der Waals surface area contributed by atoms with E-state index in [0.29, 0.717) is 23.8 Å². The molecule has 0 amide bonds. The second-order valence-corrected chi connectivity index (χ2v) is 4.87. The first-order valence-electron chi connectivity index (χ1n) is 6.69. The van der Waals surface area contributed by atoms with Crippen LogP contribution in [0, 0.1) is 17.2 Å². The molecule has 19 heavy (non-hydrogen) atoms. The maximum absolute atomic E-state index is 8.92. The average Bonchev–Trinajstić information content (AvgIpc) is 2.48. The number of hydrogen-bond acceptors (Lipinski definition) is 4. The van der Waals surface area contributed by atoms with Gasteiger partial charge < -0.3 is 14.8 Å². The molecular formula is C15H20N2O2. The molecule has 0 aromatic heterocycles. The Balaban J connectivity index is 1.84. The highest BCUT2D eigenvalue weighted by Gasteiger charge is 2.13. The second-order valence-electron chi connectivity index (χ2n) is 4.87. The molecule has 1 aliphatic heterocycles. The van der Waals surface area contributed by atoms with Crippen LogP contribution in [0.4, 0.5) is 0 Å². The van der Waals surface area contributed by atoms with Gasteiger partial charge in [-0.15, -0.1) is 0 Å². The minimum absolute atomic E-state index is 0.558. The first-order chi connectivity index (χ1) is 9.33. The molecule has 0 spiro atoms. The van der Waals surface area contributed by atoms with Crippen molar-refractivity contribution in [3.8, 4) is 11.8 Å². The second kappa shape index (κ2) is 7.13. The fourth-order valence-electron chi connectivity index (χ4n) is 2.33. The lowest BCUT2D eigenvalue weighted by molar-refractivity contribution is 0.0782.